The van der Waals surface area contributed by atoms with Crippen molar-refractivity contribution in [2.24, 2.45) is 11.7 Å². The van der Waals surface area contributed by atoms with Crippen LogP contribution in [0.2, 0.25) is 0 Å². The van der Waals surface area contributed by atoms with Gasteiger partial charge in [0.05, 0.1) is 6.61 Å². The minimum Gasteiger partial charge on any atom is -0.488 e. The summed E-state index contributed by atoms with van der Waals surface area (Å²) in [5, 5.41) is 2.71. The van der Waals surface area contributed by atoms with Crippen molar-refractivity contribution in [2.75, 3.05) is 25.6 Å². The number of nitrogens with two attached hydrogens (primary N) is 1. The summed E-state index contributed by atoms with van der Waals surface area (Å²) in [4.78, 5) is 12.0. The Balaban J connectivity index is 0.00000264. The van der Waals surface area contributed by atoms with E-state index >= 15 is 0 Å². The number of ether oxygens (including phenoxy) is 2. The predicted octanol–water partition coefficient (Wildman–Crippen LogP) is 2.73. The number of benzene rings is 1. The lowest BCUT2D eigenvalue weighted by Gasteiger charge is -2.15. The Kier molecular flexibility index (Phi) is 8.30. The lowest BCUT2D eigenvalue weighted by Crippen LogP contribution is -2.28. The van der Waals surface area contributed by atoms with E-state index in [1.54, 1.807) is 13.2 Å². The van der Waals surface area contributed by atoms with E-state index in [1.807, 2.05) is 0 Å². The highest BCUT2D eigenvalue weighted by Crippen LogP contribution is 2.27. The van der Waals surface area contributed by atoms with E-state index in [0.717, 1.165) is 19.3 Å². The number of anilines is 1. The summed E-state index contributed by atoms with van der Waals surface area (Å²) in [5.41, 5.74) is 6.38. The van der Waals surface area contributed by atoms with Crippen LogP contribution in [0.3, 0.4) is 0 Å². The maximum atomic E-state index is 13.9. The summed E-state index contributed by atoms with van der Waals surface area (Å²) in [6, 6.07) is 4.48. The summed E-state index contributed by atoms with van der Waals surface area (Å²) >= 11 is 0. The van der Waals surface area contributed by atoms with Gasteiger partial charge in [0.25, 0.3) is 0 Å². The number of hydrogen-bond donors (Lipinski definition) is 2. The van der Waals surface area contributed by atoms with Crippen LogP contribution in [0, 0.1) is 11.7 Å². The fourth-order valence-corrected chi connectivity index (χ4v) is 2.70. The van der Waals surface area contributed by atoms with E-state index in [9.17, 15) is 9.18 Å². The molecule has 1 aliphatic carbocycles. The minimum absolute atomic E-state index is 0. The van der Waals surface area contributed by atoms with Gasteiger partial charge in [0.1, 0.15) is 6.61 Å². The molecule has 0 aliphatic heterocycles. The molecule has 0 bridgehead atoms. The third kappa shape index (κ3) is 5.97. The van der Waals surface area contributed by atoms with Crippen molar-refractivity contribution >= 4 is 24.0 Å². The van der Waals surface area contributed by atoms with E-state index in [-0.39, 0.29) is 42.6 Å². The molecule has 2 atom stereocenters. The van der Waals surface area contributed by atoms with Gasteiger partial charge in [0.15, 0.2) is 11.6 Å². The summed E-state index contributed by atoms with van der Waals surface area (Å²) in [5.74, 6) is -0.268. The molecule has 0 spiro atoms. The molecule has 0 unspecified atom stereocenters. The van der Waals surface area contributed by atoms with Gasteiger partial charge >= 0.3 is 0 Å². The number of hydrogen-bond acceptors (Lipinski definition) is 4. The predicted molar refractivity (Wildman–Crippen MR) is 89.6 cm³/mol. The van der Waals surface area contributed by atoms with Crippen LogP contribution < -0.4 is 15.8 Å². The molecule has 0 radical (unpaired) electrons. The number of rotatable bonds is 7. The van der Waals surface area contributed by atoms with Crippen LogP contribution in [0.5, 0.6) is 5.75 Å². The number of nitrogens with one attached hydrogen (secondary N) is 1. The molecule has 130 valence electrons. The molecule has 2 rings (SSSR count). The number of carbonyl (C=O) groups is 1. The van der Waals surface area contributed by atoms with Crippen molar-refractivity contribution in [1.82, 2.24) is 0 Å². The van der Waals surface area contributed by atoms with Crippen molar-refractivity contribution in [3.63, 3.8) is 0 Å². The van der Waals surface area contributed by atoms with Gasteiger partial charge in [-0.15, -0.1) is 12.4 Å². The van der Waals surface area contributed by atoms with E-state index < -0.39 is 5.82 Å². The van der Waals surface area contributed by atoms with E-state index in [4.69, 9.17) is 15.2 Å². The van der Waals surface area contributed by atoms with Crippen LogP contribution >= 0.6 is 12.4 Å². The normalized spacial score (nSPS) is 20.0. The number of halogens is 2. The lowest BCUT2D eigenvalue weighted by atomic mass is 10.00. The Morgan fingerprint density at radius 2 is 2.17 bits per heavy atom. The first-order valence-electron chi connectivity index (χ1n) is 7.57. The van der Waals surface area contributed by atoms with Crippen LogP contribution in [0.1, 0.15) is 25.7 Å². The highest BCUT2D eigenvalue weighted by Gasteiger charge is 2.26. The quantitative estimate of drug-likeness (QED) is 0.744. The van der Waals surface area contributed by atoms with Gasteiger partial charge < -0.3 is 20.5 Å². The first-order chi connectivity index (χ1) is 10.6. The number of methoxy groups -OCH3 is 1. The monoisotopic (exact) mass is 346 g/mol. The third-order valence-corrected chi connectivity index (χ3v) is 3.93. The molecule has 1 saturated carbocycles. The third-order valence-electron chi connectivity index (χ3n) is 3.93. The highest BCUT2D eigenvalue weighted by molar-refractivity contribution is 5.91. The van der Waals surface area contributed by atoms with Crippen molar-refractivity contribution < 1.29 is 18.7 Å². The molecule has 1 aromatic carbocycles. The van der Waals surface area contributed by atoms with Crippen molar-refractivity contribution in [3.8, 4) is 5.75 Å². The number of carbonyl (C=O) groups excluding carboxylic acids is 1. The zero-order valence-electron chi connectivity index (χ0n) is 13.2. The molecule has 5 nitrogen and oxygen atoms in total. The molecule has 0 aromatic heterocycles. The maximum Gasteiger partial charge on any atom is 0.224 e. The van der Waals surface area contributed by atoms with Crippen molar-refractivity contribution in [1.29, 1.82) is 0 Å². The SMILES string of the molecule is COCCOc1ccc(NC(=O)C[C@@H]2CCC[C@H]2N)cc1F.Cl. The molecule has 1 amide bonds. The van der Waals surface area contributed by atoms with Crippen molar-refractivity contribution in [2.45, 2.75) is 31.7 Å². The Labute approximate surface area is 142 Å². The Morgan fingerprint density at radius 1 is 1.39 bits per heavy atom. The second-order valence-electron chi connectivity index (χ2n) is 5.59. The summed E-state index contributed by atoms with van der Waals surface area (Å²) < 4.78 is 23.9. The molecule has 7 heteroatoms. The largest absolute Gasteiger partial charge is 0.488 e. The summed E-state index contributed by atoms with van der Waals surface area (Å²) in [6.07, 6.45) is 3.41. The molecule has 0 saturated heterocycles. The Hall–Kier alpha value is -1.37. The highest BCUT2D eigenvalue weighted by atomic mass is 35.5. The Bertz CT molecular complexity index is 516. The average Bonchev–Trinajstić information content (AvgIpc) is 2.87. The van der Waals surface area contributed by atoms with Gasteiger partial charge in [-0.25, -0.2) is 4.39 Å². The first-order valence-corrected chi connectivity index (χ1v) is 7.57. The van der Waals surface area contributed by atoms with Crippen LogP contribution in [0.4, 0.5) is 10.1 Å². The Morgan fingerprint density at radius 3 is 2.78 bits per heavy atom. The fraction of sp³-hybridized carbons (Fsp3) is 0.562. The van der Waals surface area contributed by atoms with E-state index in [0.29, 0.717) is 18.7 Å². The molecule has 3 N–H and O–H groups in total. The van der Waals surface area contributed by atoms with Crippen molar-refractivity contribution in [3.05, 3.63) is 24.0 Å². The van der Waals surface area contributed by atoms with Gasteiger partial charge in [-0.1, -0.05) is 6.42 Å². The second kappa shape index (κ2) is 9.70. The molecule has 23 heavy (non-hydrogen) atoms. The van der Waals surface area contributed by atoms with Gasteiger partial charge in [0.2, 0.25) is 5.91 Å². The smallest absolute Gasteiger partial charge is 0.224 e. The fourth-order valence-electron chi connectivity index (χ4n) is 2.70. The number of amides is 1. The molecule has 1 aromatic rings. The average molecular weight is 347 g/mol. The molecule has 1 aliphatic rings. The lowest BCUT2D eigenvalue weighted by molar-refractivity contribution is -0.117. The zero-order chi connectivity index (χ0) is 15.9. The minimum atomic E-state index is -0.508. The zero-order valence-corrected chi connectivity index (χ0v) is 14.0. The maximum absolute atomic E-state index is 13.9. The topological polar surface area (TPSA) is 73.6 Å². The first kappa shape index (κ1) is 19.7. The van der Waals surface area contributed by atoms with Gasteiger partial charge in [-0.3, -0.25) is 4.79 Å². The van der Waals surface area contributed by atoms with Gasteiger partial charge in [-0.2, -0.15) is 0 Å². The molecular formula is C16H24ClFN2O3. The van der Waals surface area contributed by atoms with Crippen LogP contribution in [0.15, 0.2) is 18.2 Å². The summed E-state index contributed by atoms with van der Waals surface area (Å²) in [7, 11) is 1.55. The second-order valence-corrected chi connectivity index (χ2v) is 5.59. The van der Waals surface area contributed by atoms with Gasteiger partial charge in [0, 0.05) is 31.3 Å². The molecule has 0 heterocycles. The molecular weight excluding hydrogens is 323 g/mol. The molecule has 1 fully saturated rings. The van der Waals surface area contributed by atoms with Crippen LogP contribution in [0.25, 0.3) is 0 Å². The van der Waals surface area contributed by atoms with Crippen LogP contribution in [-0.4, -0.2) is 32.3 Å². The van der Waals surface area contributed by atoms with Gasteiger partial charge in [-0.05, 0) is 30.9 Å². The van der Waals surface area contributed by atoms with Crippen LogP contribution in [-0.2, 0) is 9.53 Å². The van der Waals surface area contributed by atoms with E-state index in [1.165, 1.54) is 12.1 Å². The van der Waals surface area contributed by atoms with E-state index in [2.05, 4.69) is 5.32 Å². The summed E-state index contributed by atoms with van der Waals surface area (Å²) in [6.45, 7) is 0.665. The standard InChI is InChI=1S/C16H23FN2O3.ClH/c1-21-7-8-22-15-6-5-12(10-13(15)17)19-16(20)9-11-3-2-4-14(11)18;/h5-6,10-11,14H,2-4,7-9,18H2,1H3,(H,19,20);1H/t11-,14+;/m0./s1.